The van der Waals surface area contributed by atoms with E-state index < -0.39 is 0 Å². The van der Waals surface area contributed by atoms with E-state index in [0.29, 0.717) is 17.8 Å². The summed E-state index contributed by atoms with van der Waals surface area (Å²) in [6, 6.07) is 0. The first-order valence-corrected chi connectivity index (χ1v) is 7.18. The molecule has 0 aromatic rings. The van der Waals surface area contributed by atoms with Crippen LogP contribution in [0.5, 0.6) is 0 Å². The van der Waals surface area contributed by atoms with Crippen LogP contribution in [0.4, 0.5) is 0 Å². The average molecular weight is 242 g/mol. The molecule has 17 heavy (non-hydrogen) atoms. The Morgan fingerprint density at radius 3 is 2.00 bits per heavy atom. The zero-order valence-electron chi connectivity index (χ0n) is 12.1. The second-order valence-corrected chi connectivity index (χ2v) is 5.88. The first kappa shape index (κ1) is 15.0. The second-order valence-electron chi connectivity index (χ2n) is 5.88. The lowest BCUT2D eigenvalue weighted by Gasteiger charge is -2.37. The zero-order valence-corrected chi connectivity index (χ0v) is 12.1. The van der Waals surface area contributed by atoms with Crippen molar-refractivity contribution in [2.24, 2.45) is 23.7 Å². The highest BCUT2D eigenvalue weighted by Gasteiger charge is 2.32. The van der Waals surface area contributed by atoms with Crippen LogP contribution >= 0.6 is 0 Å². The molecule has 0 spiro atoms. The van der Waals surface area contributed by atoms with Gasteiger partial charge in [0.1, 0.15) is 0 Å². The second kappa shape index (κ2) is 8.10. The Balaban J connectivity index is 2.65. The highest BCUT2D eigenvalue weighted by molar-refractivity contribution is 4.81. The molecule has 1 aliphatic rings. The third-order valence-electron chi connectivity index (χ3n) is 4.38. The molecule has 2 heteroatoms. The van der Waals surface area contributed by atoms with E-state index in [1.807, 2.05) is 14.2 Å². The predicted molar refractivity (Wildman–Crippen MR) is 72.1 cm³/mol. The summed E-state index contributed by atoms with van der Waals surface area (Å²) in [6.07, 6.45) is 7.01. The minimum absolute atomic E-state index is 0.642. The lowest BCUT2D eigenvalue weighted by molar-refractivity contribution is 0.0109. The van der Waals surface area contributed by atoms with Crippen molar-refractivity contribution in [1.82, 2.24) is 0 Å². The molecule has 2 unspecified atom stereocenters. The van der Waals surface area contributed by atoms with Gasteiger partial charge in [0.2, 0.25) is 0 Å². The van der Waals surface area contributed by atoms with Gasteiger partial charge in [-0.25, -0.2) is 0 Å². The quantitative estimate of drug-likeness (QED) is 0.677. The predicted octanol–water partition coefficient (Wildman–Crippen LogP) is 3.75. The van der Waals surface area contributed by atoms with Crippen molar-refractivity contribution in [3.8, 4) is 0 Å². The number of ether oxygens (including phenoxy) is 2. The van der Waals surface area contributed by atoms with Crippen molar-refractivity contribution in [2.75, 3.05) is 27.4 Å². The number of rotatable bonds is 7. The smallest absolute Gasteiger partial charge is 0.0496 e. The largest absolute Gasteiger partial charge is 0.384 e. The van der Waals surface area contributed by atoms with Crippen LogP contribution in [0.2, 0.25) is 0 Å². The molecule has 1 fully saturated rings. The monoisotopic (exact) mass is 242 g/mol. The third kappa shape index (κ3) is 4.59. The summed E-state index contributed by atoms with van der Waals surface area (Å²) in [7, 11) is 3.65. The first-order valence-electron chi connectivity index (χ1n) is 7.18. The molecule has 0 heterocycles. The summed E-state index contributed by atoms with van der Waals surface area (Å²) in [5.74, 6) is 2.85. The van der Waals surface area contributed by atoms with Crippen molar-refractivity contribution in [1.29, 1.82) is 0 Å². The van der Waals surface area contributed by atoms with E-state index in [9.17, 15) is 0 Å². The molecule has 0 saturated heterocycles. The van der Waals surface area contributed by atoms with Crippen LogP contribution in [0.15, 0.2) is 0 Å². The van der Waals surface area contributed by atoms with E-state index in [4.69, 9.17) is 9.47 Å². The van der Waals surface area contributed by atoms with Gasteiger partial charge >= 0.3 is 0 Å². The van der Waals surface area contributed by atoms with Crippen LogP contribution in [0.1, 0.15) is 46.0 Å². The highest BCUT2D eigenvalue weighted by atomic mass is 16.5. The Morgan fingerprint density at radius 2 is 1.53 bits per heavy atom. The van der Waals surface area contributed by atoms with Crippen molar-refractivity contribution in [3.05, 3.63) is 0 Å². The van der Waals surface area contributed by atoms with E-state index in [2.05, 4.69) is 13.8 Å². The maximum absolute atomic E-state index is 5.48. The Hall–Kier alpha value is -0.0800. The molecule has 0 aromatic heterocycles. The summed E-state index contributed by atoms with van der Waals surface area (Å²) >= 11 is 0. The van der Waals surface area contributed by atoms with E-state index in [1.54, 1.807) is 0 Å². The molecule has 1 aliphatic carbocycles. The Morgan fingerprint density at radius 1 is 0.941 bits per heavy atom. The maximum atomic E-state index is 5.48. The van der Waals surface area contributed by atoms with Crippen molar-refractivity contribution < 1.29 is 9.47 Å². The molecule has 0 radical (unpaired) electrons. The molecule has 0 amide bonds. The highest BCUT2D eigenvalue weighted by Crippen LogP contribution is 2.37. The zero-order chi connectivity index (χ0) is 12.7. The van der Waals surface area contributed by atoms with Crippen LogP contribution in [0, 0.1) is 23.7 Å². The Bertz CT molecular complexity index is 185. The van der Waals surface area contributed by atoms with E-state index in [-0.39, 0.29) is 0 Å². The maximum Gasteiger partial charge on any atom is 0.0496 e. The fourth-order valence-corrected chi connectivity index (χ4v) is 3.37. The van der Waals surface area contributed by atoms with Gasteiger partial charge < -0.3 is 9.47 Å². The van der Waals surface area contributed by atoms with Crippen molar-refractivity contribution in [2.45, 2.75) is 46.0 Å². The van der Waals surface area contributed by atoms with Crippen LogP contribution < -0.4 is 0 Å². The number of hydrogen-bond acceptors (Lipinski definition) is 2. The standard InChI is InChI=1S/C15H30O2/c1-12(2)14(10-16-3)15(11-17-4)13-8-6-5-7-9-13/h12-15H,5-11H2,1-4H3. The summed E-state index contributed by atoms with van der Waals surface area (Å²) < 4.78 is 10.9. The molecule has 1 saturated carbocycles. The van der Waals surface area contributed by atoms with Gasteiger partial charge in [0.25, 0.3) is 0 Å². The SMILES string of the molecule is COCC(C(C)C)C(COC)C1CCCCC1. The van der Waals surface area contributed by atoms with Crippen LogP contribution in [-0.2, 0) is 9.47 Å². The number of hydrogen-bond donors (Lipinski definition) is 0. The summed E-state index contributed by atoms with van der Waals surface area (Å²) in [5.41, 5.74) is 0. The molecule has 0 N–H and O–H groups in total. The van der Waals surface area contributed by atoms with Gasteiger partial charge in [0.05, 0.1) is 0 Å². The first-order chi connectivity index (χ1) is 8.20. The molecule has 0 aliphatic heterocycles. The lowest BCUT2D eigenvalue weighted by Crippen LogP contribution is -2.34. The molecule has 0 aromatic carbocycles. The summed E-state index contributed by atoms with van der Waals surface area (Å²) in [5, 5.41) is 0. The fraction of sp³-hybridized carbons (Fsp3) is 1.00. The van der Waals surface area contributed by atoms with Gasteiger partial charge in [-0.15, -0.1) is 0 Å². The topological polar surface area (TPSA) is 18.5 Å². The lowest BCUT2D eigenvalue weighted by atomic mass is 9.71. The van der Waals surface area contributed by atoms with E-state index >= 15 is 0 Å². The van der Waals surface area contributed by atoms with Gasteiger partial charge in [-0.05, 0) is 23.7 Å². The van der Waals surface area contributed by atoms with Gasteiger partial charge in [0, 0.05) is 27.4 Å². The van der Waals surface area contributed by atoms with E-state index in [1.165, 1.54) is 32.1 Å². The Kier molecular flexibility index (Phi) is 7.14. The molecule has 0 bridgehead atoms. The van der Waals surface area contributed by atoms with Crippen LogP contribution in [0.25, 0.3) is 0 Å². The molecule has 102 valence electrons. The number of methoxy groups -OCH3 is 2. The van der Waals surface area contributed by atoms with Gasteiger partial charge in [-0.1, -0.05) is 46.0 Å². The summed E-state index contributed by atoms with van der Waals surface area (Å²) in [6.45, 7) is 6.41. The van der Waals surface area contributed by atoms with E-state index in [0.717, 1.165) is 19.1 Å². The molecule has 1 rings (SSSR count). The molecular formula is C15H30O2. The Labute approximate surface area is 107 Å². The minimum Gasteiger partial charge on any atom is -0.384 e. The molecular weight excluding hydrogens is 212 g/mol. The normalized spacial score (nSPS) is 21.7. The van der Waals surface area contributed by atoms with Gasteiger partial charge in [-0.2, -0.15) is 0 Å². The van der Waals surface area contributed by atoms with Crippen molar-refractivity contribution >= 4 is 0 Å². The van der Waals surface area contributed by atoms with Crippen LogP contribution in [-0.4, -0.2) is 27.4 Å². The average Bonchev–Trinajstić information content (AvgIpc) is 2.34. The van der Waals surface area contributed by atoms with Crippen molar-refractivity contribution in [3.63, 3.8) is 0 Å². The third-order valence-corrected chi connectivity index (χ3v) is 4.38. The fourth-order valence-electron chi connectivity index (χ4n) is 3.37. The van der Waals surface area contributed by atoms with Gasteiger partial charge in [-0.3, -0.25) is 0 Å². The molecule has 2 atom stereocenters. The van der Waals surface area contributed by atoms with Gasteiger partial charge in [0.15, 0.2) is 0 Å². The molecule has 2 nitrogen and oxygen atoms in total. The summed E-state index contributed by atoms with van der Waals surface area (Å²) in [4.78, 5) is 0. The minimum atomic E-state index is 0.642. The van der Waals surface area contributed by atoms with Crippen LogP contribution in [0.3, 0.4) is 0 Å².